The van der Waals surface area contributed by atoms with E-state index in [9.17, 15) is 5.11 Å². The van der Waals surface area contributed by atoms with E-state index in [4.69, 9.17) is 0 Å². The van der Waals surface area contributed by atoms with Crippen LogP contribution in [0.4, 0.5) is 0 Å². The maximum atomic E-state index is 11.2. The van der Waals surface area contributed by atoms with E-state index >= 15 is 0 Å². The quantitative estimate of drug-likeness (QED) is 0.888. The van der Waals surface area contributed by atoms with Gasteiger partial charge in [0.05, 0.1) is 11.1 Å². The van der Waals surface area contributed by atoms with Crippen molar-refractivity contribution < 1.29 is 5.11 Å². The largest absolute Gasteiger partial charge is 0.385 e. The standard InChI is InChI=1S/C19H23NO/c1-13-4-5-15-11-17(8-9-18(15)20-13)19(21)10-2-3-16(12-19)14-6-7-14/h4-5,8-9,11,14,16,21H,2-3,6-7,10,12H2,1H3. The lowest BCUT2D eigenvalue weighted by Gasteiger charge is -2.37. The van der Waals surface area contributed by atoms with Gasteiger partial charge in [-0.15, -0.1) is 0 Å². The van der Waals surface area contributed by atoms with E-state index in [0.29, 0.717) is 0 Å². The van der Waals surface area contributed by atoms with Crippen LogP contribution >= 0.6 is 0 Å². The fourth-order valence-electron chi connectivity index (χ4n) is 4.04. The molecular formula is C19H23NO. The van der Waals surface area contributed by atoms with Crippen LogP contribution in [0.25, 0.3) is 10.9 Å². The number of aliphatic hydroxyl groups is 1. The fourth-order valence-corrected chi connectivity index (χ4v) is 4.04. The average Bonchev–Trinajstić information content (AvgIpc) is 3.31. The molecule has 0 amide bonds. The van der Waals surface area contributed by atoms with Gasteiger partial charge in [0.25, 0.3) is 0 Å². The Hall–Kier alpha value is -1.41. The van der Waals surface area contributed by atoms with Crippen LogP contribution in [0.15, 0.2) is 30.3 Å². The molecule has 0 aliphatic heterocycles. The summed E-state index contributed by atoms with van der Waals surface area (Å²) in [7, 11) is 0. The van der Waals surface area contributed by atoms with Gasteiger partial charge in [0.2, 0.25) is 0 Å². The van der Waals surface area contributed by atoms with Gasteiger partial charge in [-0.1, -0.05) is 12.1 Å². The van der Waals surface area contributed by atoms with Crippen LogP contribution in [0.5, 0.6) is 0 Å². The van der Waals surface area contributed by atoms with E-state index in [2.05, 4.69) is 29.2 Å². The maximum absolute atomic E-state index is 11.2. The summed E-state index contributed by atoms with van der Waals surface area (Å²) in [5.74, 6) is 1.62. The second-order valence-corrected chi connectivity index (χ2v) is 7.09. The van der Waals surface area contributed by atoms with Gasteiger partial charge in [0.1, 0.15) is 0 Å². The minimum atomic E-state index is -0.620. The predicted molar refractivity (Wildman–Crippen MR) is 85.1 cm³/mol. The van der Waals surface area contributed by atoms with Crippen LogP contribution in [0, 0.1) is 18.8 Å². The van der Waals surface area contributed by atoms with Gasteiger partial charge < -0.3 is 5.11 Å². The monoisotopic (exact) mass is 281 g/mol. The van der Waals surface area contributed by atoms with Crippen LogP contribution in [-0.2, 0) is 5.60 Å². The number of pyridine rings is 1. The third-order valence-corrected chi connectivity index (χ3v) is 5.42. The smallest absolute Gasteiger partial charge is 0.0899 e. The molecule has 2 aliphatic rings. The Balaban J connectivity index is 1.69. The second kappa shape index (κ2) is 4.81. The van der Waals surface area contributed by atoms with Crippen molar-refractivity contribution in [3.8, 4) is 0 Å². The Morgan fingerprint density at radius 2 is 1.95 bits per heavy atom. The molecule has 1 heterocycles. The summed E-state index contributed by atoms with van der Waals surface area (Å²) >= 11 is 0. The molecule has 2 unspecified atom stereocenters. The third-order valence-electron chi connectivity index (χ3n) is 5.42. The molecule has 2 atom stereocenters. The highest BCUT2D eigenvalue weighted by Crippen LogP contribution is 2.49. The van der Waals surface area contributed by atoms with Crippen molar-refractivity contribution in [2.45, 2.75) is 51.0 Å². The number of aromatic nitrogens is 1. The molecule has 4 rings (SSSR count). The molecule has 1 aromatic heterocycles. The van der Waals surface area contributed by atoms with Crippen molar-refractivity contribution in [3.63, 3.8) is 0 Å². The molecule has 0 bridgehead atoms. The van der Waals surface area contributed by atoms with Crippen LogP contribution < -0.4 is 0 Å². The van der Waals surface area contributed by atoms with Gasteiger partial charge in [-0.25, -0.2) is 0 Å². The highest BCUT2D eigenvalue weighted by molar-refractivity contribution is 5.79. The summed E-state index contributed by atoms with van der Waals surface area (Å²) in [4.78, 5) is 4.56. The highest BCUT2D eigenvalue weighted by atomic mass is 16.3. The van der Waals surface area contributed by atoms with Crippen molar-refractivity contribution in [2.75, 3.05) is 0 Å². The molecule has 0 radical (unpaired) electrons. The Morgan fingerprint density at radius 1 is 1.10 bits per heavy atom. The molecule has 2 aliphatic carbocycles. The van der Waals surface area contributed by atoms with E-state index < -0.39 is 5.60 Å². The number of benzene rings is 1. The minimum Gasteiger partial charge on any atom is -0.385 e. The van der Waals surface area contributed by atoms with Gasteiger partial charge in [0.15, 0.2) is 0 Å². The summed E-state index contributed by atoms with van der Waals surface area (Å²) in [6.45, 7) is 2.02. The van der Waals surface area contributed by atoms with E-state index in [1.54, 1.807) is 0 Å². The molecule has 21 heavy (non-hydrogen) atoms. The van der Waals surface area contributed by atoms with E-state index in [1.165, 1.54) is 19.3 Å². The van der Waals surface area contributed by atoms with Gasteiger partial charge in [-0.3, -0.25) is 4.98 Å². The van der Waals surface area contributed by atoms with E-state index in [0.717, 1.165) is 53.3 Å². The first-order chi connectivity index (χ1) is 10.1. The lowest BCUT2D eigenvalue weighted by Crippen LogP contribution is -2.33. The van der Waals surface area contributed by atoms with Crippen molar-refractivity contribution in [2.24, 2.45) is 11.8 Å². The van der Waals surface area contributed by atoms with Crippen LogP contribution in [0.3, 0.4) is 0 Å². The zero-order chi connectivity index (χ0) is 14.4. The summed E-state index contributed by atoms with van der Waals surface area (Å²) in [5, 5.41) is 12.3. The van der Waals surface area contributed by atoms with Crippen molar-refractivity contribution in [1.29, 1.82) is 0 Å². The number of rotatable bonds is 2. The number of aryl methyl sites for hydroxylation is 1. The topological polar surface area (TPSA) is 33.1 Å². The second-order valence-electron chi connectivity index (χ2n) is 7.09. The van der Waals surface area contributed by atoms with E-state index in [1.807, 2.05) is 13.0 Å². The number of hydrogen-bond donors (Lipinski definition) is 1. The molecule has 0 saturated heterocycles. The third kappa shape index (κ3) is 2.46. The number of fused-ring (bicyclic) bond motifs is 1. The van der Waals surface area contributed by atoms with E-state index in [-0.39, 0.29) is 0 Å². The number of hydrogen-bond acceptors (Lipinski definition) is 2. The average molecular weight is 281 g/mol. The Bertz CT molecular complexity index is 676. The normalized spacial score (nSPS) is 29.7. The van der Waals surface area contributed by atoms with Gasteiger partial charge in [-0.2, -0.15) is 0 Å². The summed E-state index contributed by atoms with van der Waals surface area (Å²) < 4.78 is 0. The predicted octanol–water partition coefficient (Wildman–Crippen LogP) is 4.33. The fraction of sp³-hybridized carbons (Fsp3) is 0.526. The Labute approximate surface area is 126 Å². The van der Waals surface area contributed by atoms with Crippen molar-refractivity contribution in [3.05, 3.63) is 41.6 Å². The molecule has 2 nitrogen and oxygen atoms in total. The van der Waals surface area contributed by atoms with Gasteiger partial charge in [-0.05, 0) is 81.0 Å². The molecule has 2 saturated carbocycles. The van der Waals surface area contributed by atoms with Crippen LogP contribution in [-0.4, -0.2) is 10.1 Å². The molecule has 1 N–H and O–H groups in total. The van der Waals surface area contributed by atoms with Gasteiger partial charge >= 0.3 is 0 Å². The molecule has 1 aromatic carbocycles. The summed E-state index contributed by atoms with van der Waals surface area (Å²) in [5.41, 5.74) is 2.54. The molecule has 110 valence electrons. The molecule has 2 fully saturated rings. The first-order valence-corrected chi connectivity index (χ1v) is 8.24. The molecule has 2 aromatic rings. The first-order valence-electron chi connectivity index (χ1n) is 8.24. The Kier molecular flexibility index (Phi) is 3.04. The van der Waals surface area contributed by atoms with Crippen LogP contribution in [0.1, 0.15) is 49.8 Å². The zero-order valence-electron chi connectivity index (χ0n) is 12.7. The SMILES string of the molecule is Cc1ccc2cc(C3(O)CCCC(C4CC4)C3)ccc2n1. The maximum Gasteiger partial charge on any atom is 0.0899 e. The number of nitrogens with zero attached hydrogens (tertiary/aromatic N) is 1. The van der Waals surface area contributed by atoms with Crippen molar-refractivity contribution >= 4 is 10.9 Å². The molecule has 0 spiro atoms. The van der Waals surface area contributed by atoms with Crippen LogP contribution in [0.2, 0.25) is 0 Å². The molecular weight excluding hydrogens is 258 g/mol. The zero-order valence-corrected chi connectivity index (χ0v) is 12.7. The Morgan fingerprint density at radius 3 is 2.76 bits per heavy atom. The van der Waals surface area contributed by atoms with Gasteiger partial charge in [0, 0.05) is 11.1 Å². The highest BCUT2D eigenvalue weighted by Gasteiger charge is 2.41. The minimum absolute atomic E-state index is 0.620. The lowest BCUT2D eigenvalue weighted by molar-refractivity contribution is -0.0250. The molecule has 2 heteroatoms. The summed E-state index contributed by atoms with van der Waals surface area (Å²) in [6.07, 6.45) is 7.07. The lowest BCUT2D eigenvalue weighted by atomic mass is 9.72. The summed E-state index contributed by atoms with van der Waals surface area (Å²) in [6, 6.07) is 10.5. The van der Waals surface area contributed by atoms with Crippen molar-refractivity contribution in [1.82, 2.24) is 4.98 Å². The first kappa shape index (κ1) is 13.3.